The number of aromatic nitrogens is 1. The fourth-order valence-corrected chi connectivity index (χ4v) is 6.93. The molecule has 1 fully saturated rings. The van der Waals surface area contributed by atoms with Crippen LogP contribution in [0.15, 0.2) is 71.8 Å². The minimum atomic E-state index is -4.03. The molecule has 0 saturated heterocycles. The van der Waals surface area contributed by atoms with E-state index in [1.807, 2.05) is 36.0 Å². The average Bonchev–Trinajstić information content (AvgIpc) is 3.56. The maximum absolute atomic E-state index is 12.9. The number of aryl methyl sites for hydroxylation is 2. The van der Waals surface area contributed by atoms with Gasteiger partial charge in [-0.15, -0.1) is 0 Å². The molecule has 4 aromatic rings. The highest BCUT2D eigenvalue weighted by molar-refractivity contribution is 7.90. The number of rotatable bonds is 9. The summed E-state index contributed by atoms with van der Waals surface area (Å²) in [6, 6.07) is 17.4. The number of hydrogen-bond acceptors (Lipinski definition) is 5. The summed E-state index contributed by atoms with van der Waals surface area (Å²) in [4.78, 5) is 25.6. The van der Waals surface area contributed by atoms with Crippen LogP contribution < -0.4 is 14.8 Å². The Morgan fingerprint density at radius 1 is 1.00 bits per heavy atom. The number of carbonyl (C=O) groups is 2. The molecule has 1 aromatic heterocycles. The first-order valence-electron chi connectivity index (χ1n) is 13.8. The summed E-state index contributed by atoms with van der Waals surface area (Å²) in [5.74, 6) is 0.269. The van der Waals surface area contributed by atoms with E-state index in [4.69, 9.17) is 4.74 Å². The molecule has 8 nitrogen and oxygen atoms in total. The highest BCUT2D eigenvalue weighted by atomic mass is 32.2. The van der Waals surface area contributed by atoms with Crippen molar-refractivity contribution in [2.75, 3.05) is 12.4 Å². The minimum absolute atomic E-state index is 0.0497. The summed E-state index contributed by atoms with van der Waals surface area (Å²) in [6.07, 6.45) is 7.79. The zero-order valence-corrected chi connectivity index (χ0v) is 24.4. The molecule has 1 saturated carbocycles. The predicted octanol–water partition coefficient (Wildman–Crippen LogP) is 5.72. The Hall–Kier alpha value is -4.11. The summed E-state index contributed by atoms with van der Waals surface area (Å²) >= 11 is 0. The van der Waals surface area contributed by atoms with Crippen molar-refractivity contribution in [3.05, 3.63) is 89.1 Å². The standard InChI is InChI=1S/C32H35N3O5S/c1-21-8-4-7-11-30(21)41(38,39)34-32(37)24-13-12-23(29(18-24)40-3)17-25-20-35(2)28-15-14-26(19-27(25)28)33-31(36)16-22-9-5-6-10-22/h4,7-8,11-15,18-20,22H,5-6,9-10,16-17H2,1-3H3,(H,33,36)(H,34,37). The normalized spacial score (nSPS) is 13.8. The first kappa shape index (κ1) is 28.4. The largest absolute Gasteiger partial charge is 0.496 e. The van der Waals surface area contributed by atoms with Gasteiger partial charge in [0.25, 0.3) is 15.9 Å². The molecule has 9 heteroatoms. The molecule has 41 heavy (non-hydrogen) atoms. The van der Waals surface area contributed by atoms with Gasteiger partial charge in [0.05, 0.1) is 12.0 Å². The Balaban J connectivity index is 1.35. The molecule has 0 unspecified atom stereocenters. The van der Waals surface area contributed by atoms with Crippen molar-refractivity contribution in [1.82, 2.24) is 9.29 Å². The number of nitrogens with zero attached hydrogens (tertiary/aromatic N) is 1. The van der Waals surface area contributed by atoms with Gasteiger partial charge in [0, 0.05) is 48.2 Å². The van der Waals surface area contributed by atoms with Crippen LogP contribution in [0.25, 0.3) is 10.9 Å². The molecule has 214 valence electrons. The lowest BCUT2D eigenvalue weighted by Crippen LogP contribution is -2.31. The van der Waals surface area contributed by atoms with Gasteiger partial charge in [0.1, 0.15) is 5.75 Å². The number of ether oxygens (including phenoxy) is 1. The molecule has 0 spiro atoms. The molecule has 0 bridgehead atoms. The van der Waals surface area contributed by atoms with Crippen LogP contribution in [0.2, 0.25) is 0 Å². The second-order valence-corrected chi connectivity index (χ2v) is 12.5. The summed E-state index contributed by atoms with van der Waals surface area (Å²) in [5, 5.41) is 4.08. The zero-order valence-electron chi connectivity index (χ0n) is 23.6. The molecule has 0 aliphatic heterocycles. The van der Waals surface area contributed by atoms with Crippen molar-refractivity contribution in [3.8, 4) is 5.75 Å². The number of anilines is 1. The first-order valence-corrected chi connectivity index (χ1v) is 15.3. The van der Waals surface area contributed by atoms with Crippen molar-refractivity contribution in [1.29, 1.82) is 0 Å². The van der Waals surface area contributed by atoms with Crippen LogP contribution in [-0.2, 0) is 28.3 Å². The van der Waals surface area contributed by atoms with Gasteiger partial charge in [0.15, 0.2) is 0 Å². The van der Waals surface area contributed by atoms with Gasteiger partial charge in [-0.2, -0.15) is 0 Å². The Labute approximate surface area is 240 Å². The summed E-state index contributed by atoms with van der Waals surface area (Å²) in [6.45, 7) is 1.68. The van der Waals surface area contributed by atoms with Crippen LogP contribution >= 0.6 is 0 Å². The van der Waals surface area contributed by atoms with Crippen LogP contribution in [-0.4, -0.2) is 31.9 Å². The second kappa shape index (κ2) is 11.8. The van der Waals surface area contributed by atoms with Gasteiger partial charge in [-0.25, -0.2) is 13.1 Å². The summed E-state index contributed by atoms with van der Waals surface area (Å²) in [7, 11) is -0.536. The van der Waals surface area contributed by atoms with Gasteiger partial charge >= 0.3 is 0 Å². The molecule has 2 amide bonds. The molecule has 0 atom stereocenters. The van der Waals surface area contributed by atoms with Crippen LogP contribution in [0, 0.1) is 12.8 Å². The average molecular weight is 574 g/mol. The lowest BCUT2D eigenvalue weighted by atomic mass is 10.0. The van der Waals surface area contributed by atoms with E-state index in [9.17, 15) is 18.0 Å². The Morgan fingerprint density at radius 3 is 2.49 bits per heavy atom. The Kier molecular flexibility index (Phi) is 8.17. The number of fused-ring (bicyclic) bond motifs is 1. The van der Waals surface area contributed by atoms with Crippen LogP contribution in [0.5, 0.6) is 5.75 Å². The molecule has 1 aliphatic carbocycles. The van der Waals surface area contributed by atoms with Crippen molar-refractivity contribution in [2.45, 2.75) is 50.3 Å². The van der Waals surface area contributed by atoms with E-state index in [0.29, 0.717) is 30.1 Å². The van der Waals surface area contributed by atoms with Gasteiger partial charge in [0.2, 0.25) is 5.91 Å². The van der Waals surface area contributed by atoms with Gasteiger partial charge in [-0.3, -0.25) is 9.59 Å². The fraction of sp³-hybridized carbons (Fsp3) is 0.312. The highest BCUT2D eigenvalue weighted by Gasteiger charge is 2.22. The number of benzene rings is 3. The van der Waals surface area contributed by atoms with Gasteiger partial charge in [-0.1, -0.05) is 37.1 Å². The third kappa shape index (κ3) is 6.30. The molecule has 1 heterocycles. The van der Waals surface area contributed by atoms with E-state index in [1.165, 1.54) is 26.0 Å². The van der Waals surface area contributed by atoms with E-state index in [-0.39, 0.29) is 16.4 Å². The van der Waals surface area contributed by atoms with Crippen molar-refractivity contribution in [3.63, 3.8) is 0 Å². The maximum Gasteiger partial charge on any atom is 0.265 e. The van der Waals surface area contributed by atoms with E-state index in [2.05, 4.69) is 10.0 Å². The van der Waals surface area contributed by atoms with E-state index >= 15 is 0 Å². The number of hydrogen-bond donors (Lipinski definition) is 2. The number of sulfonamides is 1. The van der Waals surface area contributed by atoms with Gasteiger partial charge < -0.3 is 14.6 Å². The number of nitrogens with one attached hydrogen (secondary N) is 2. The third-order valence-electron chi connectivity index (χ3n) is 7.84. The molecular formula is C32H35N3O5S. The van der Waals surface area contributed by atoms with Gasteiger partial charge in [-0.05, 0) is 78.8 Å². The molecule has 5 rings (SSSR count). The topological polar surface area (TPSA) is 106 Å². The molecular weight excluding hydrogens is 538 g/mol. The smallest absolute Gasteiger partial charge is 0.265 e. The van der Waals surface area contributed by atoms with E-state index in [1.54, 1.807) is 43.3 Å². The number of amides is 2. The van der Waals surface area contributed by atoms with Crippen molar-refractivity contribution >= 4 is 38.4 Å². The van der Waals surface area contributed by atoms with Crippen LogP contribution in [0.1, 0.15) is 59.2 Å². The van der Waals surface area contributed by atoms with Crippen LogP contribution in [0.4, 0.5) is 5.69 Å². The molecule has 1 aliphatic rings. The lowest BCUT2D eigenvalue weighted by molar-refractivity contribution is -0.117. The van der Waals surface area contributed by atoms with E-state index < -0.39 is 15.9 Å². The predicted molar refractivity (Wildman–Crippen MR) is 160 cm³/mol. The van der Waals surface area contributed by atoms with E-state index in [0.717, 1.165) is 40.6 Å². The number of carbonyl (C=O) groups excluding carboxylic acids is 2. The lowest BCUT2D eigenvalue weighted by Gasteiger charge is -2.12. The quantitative estimate of drug-likeness (QED) is 0.266. The number of methoxy groups -OCH3 is 1. The monoisotopic (exact) mass is 573 g/mol. The zero-order chi connectivity index (χ0) is 29.1. The second-order valence-electron chi connectivity index (χ2n) is 10.8. The van der Waals surface area contributed by atoms with Crippen molar-refractivity contribution < 1.29 is 22.7 Å². The maximum atomic E-state index is 12.9. The van der Waals surface area contributed by atoms with Crippen LogP contribution in [0.3, 0.4) is 0 Å². The molecule has 2 N–H and O–H groups in total. The molecule has 3 aromatic carbocycles. The Morgan fingerprint density at radius 2 is 1.76 bits per heavy atom. The SMILES string of the molecule is COc1cc(C(=O)NS(=O)(=O)c2ccccc2C)ccc1Cc1cn(C)c2ccc(NC(=O)CC3CCCC3)cc12. The van der Waals surface area contributed by atoms with Crippen molar-refractivity contribution in [2.24, 2.45) is 13.0 Å². The fourth-order valence-electron chi connectivity index (χ4n) is 5.71. The summed E-state index contributed by atoms with van der Waals surface area (Å²) < 4.78 is 35.4. The minimum Gasteiger partial charge on any atom is -0.496 e. The first-order chi connectivity index (χ1) is 19.6. The third-order valence-corrected chi connectivity index (χ3v) is 9.34. The molecule has 0 radical (unpaired) electrons. The Bertz CT molecular complexity index is 1720. The highest BCUT2D eigenvalue weighted by Crippen LogP contribution is 2.31. The summed E-state index contributed by atoms with van der Waals surface area (Å²) in [5.41, 5.74) is 4.40.